The van der Waals surface area contributed by atoms with Gasteiger partial charge in [0, 0.05) is 12.1 Å². The fourth-order valence-corrected chi connectivity index (χ4v) is 0.977. The molecule has 0 aromatic heterocycles. The molecule has 0 bridgehead atoms. The van der Waals surface area contributed by atoms with Crippen molar-refractivity contribution in [3.8, 4) is 0 Å². The van der Waals surface area contributed by atoms with Gasteiger partial charge in [-0.25, -0.2) is 0 Å². The molecule has 0 saturated carbocycles. The predicted octanol–water partition coefficient (Wildman–Crippen LogP) is -0.166. The molecule has 6 heteroatoms. The van der Waals surface area contributed by atoms with Crippen molar-refractivity contribution in [2.45, 2.75) is 58.5 Å². The molecule has 0 aliphatic rings. The molecule has 7 N–H and O–H groups in total. The standard InChI is InChI=1S/C9H21NO2.C3H9NO2.C2H6/c1-3-9(2,8-12)10-6-4-5-7-11;4-3(1-5)2-6;1-2/h10-12H,3-8H2,1-2H3;3,5-6H,1-2,4H2;1-2H3. The number of nitrogens with two attached hydrogens (primary N) is 1. The Morgan fingerprint density at radius 1 is 1.05 bits per heavy atom. The summed E-state index contributed by atoms with van der Waals surface area (Å²) in [6.07, 6.45) is 2.72. The minimum absolute atomic E-state index is 0.142. The molecular formula is C14H36N2O4. The van der Waals surface area contributed by atoms with Crippen LogP contribution in [0.1, 0.15) is 47.0 Å². The second kappa shape index (κ2) is 18.8. The first-order chi connectivity index (χ1) is 9.49. The Balaban J connectivity index is -0.000000304. The van der Waals surface area contributed by atoms with Crippen molar-refractivity contribution in [2.75, 3.05) is 33.0 Å². The monoisotopic (exact) mass is 296 g/mol. The Kier molecular flexibility index (Phi) is 23.2. The van der Waals surface area contributed by atoms with Gasteiger partial charge in [0.1, 0.15) is 0 Å². The summed E-state index contributed by atoms with van der Waals surface area (Å²) in [6, 6.07) is -0.454. The van der Waals surface area contributed by atoms with E-state index >= 15 is 0 Å². The van der Waals surface area contributed by atoms with Gasteiger partial charge in [0.15, 0.2) is 0 Å². The average Bonchev–Trinajstić information content (AvgIpc) is 2.53. The van der Waals surface area contributed by atoms with E-state index in [1.807, 2.05) is 20.8 Å². The molecule has 0 saturated heterocycles. The predicted molar refractivity (Wildman–Crippen MR) is 83.6 cm³/mol. The van der Waals surface area contributed by atoms with Gasteiger partial charge >= 0.3 is 0 Å². The Morgan fingerprint density at radius 3 is 1.80 bits per heavy atom. The number of hydrogen-bond donors (Lipinski definition) is 6. The molecule has 6 nitrogen and oxygen atoms in total. The van der Waals surface area contributed by atoms with Crippen molar-refractivity contribution >= 4 is 0 Å². The average molecular weight is 296 g/mol. The van der Waals surface area contributed by atoms with Crippen molar-refractivity contribution in [3.63, 3.8) is 0 Å². The molecular weight excluding hydrogens is 260 g/mol. The highest BCUT2D eigenvalue weighted by atomic mass is 16.3. The van der Waals surface area contributed by atoms with Crippen LogP contribution >= 0.6 is 0 Å². The maximum absolute atomic E-state index is 9.03. The van der Waals surface area contributed by atoms with Crippen molar-refractivity contribution < 1.29 is 20.4 Å². The SMILES string of the molecule is CC.CCC(C)(CO)NCCCCO.NC(CO)CO. The van der Waals surface area contributed by atoms with E-state index in [1.165, 1.54) is 0 Å². The Bertz CT molecular complexity index is 163. The normalized spacial score (nSPS) is 12.9. The first-order valence-electron chi connectivity index (χ1n) is 7.43. The Morgan fingerprint density at radius 2 is 1.55 bits per heavy atom. The van der Waals surface area contributed by atoms with Crippen LogP contribution < -0.4 is 11.1 Å². The number of rotatable bonds is 9. The first kappa shape index (κ1) is 24.8. The van der Waals surface area contributed by atoms with Crippen LogP contribution in [0.15, 0.2) is 0 Å². The molecule has 0 heterocycles. The summed E-state index contributed by atoms with van der Waals surface area (Å²) in [7, 11) is 0. The fraction of sp³-hybridized carbons (Fsp3) is 1.00. The maximum atomic E-state index is 9.03. The molecule has 126 valence electrons. The van der Waals surface area contributed by atoms with Crippen LogP contribution in [0, 0.1) is 0 Å². The number of aliphatic hydroxyl groups excluding tert-OH is 4. The number of hydrogen-bond acceptors (Lipinski definition) is 6. The molecule has 0 aromatic carbocycles. The zero-order valence-electron chi connectivity index (χ0n) is 13.6. The third-order valence-electron chi connectivity index (χ3n) is 2.73. The van der Waals surface area contributed by atoms with Gasteiger partial charge in [0.2, 0.25) is 0 Å². The maximum Gasteiger partial charge on any atom is 0.0610 e. The lowest BCUT2D eigenvalue weighted by Crippen LogP contribution is -2.45. The molecule has 0 aromatic rings. The van der Waals surface area contributed by atoms with Gasteiger partial charge in [-0.1, -0.05) is 20.8 Å². The van der Waals surface area contributed by atoms with E-state index in [0.717, 1.165) is 25.8 Å². The van der Waals surface area contributed by atoms with Gasteiger partial charge < -0.3 is 31.5 Å². The summed E-state index contributed by atoms with van der Waals surface area (Å²) in [6.45, 7) is 9.06. The third kappa shape index (κ3) is 17.8. The van der Waals surface area contributed by atoms with Crippen LogP contribution in [0.5, 0.6) is 0 Å². The molecule has 1 atom stereocenters. The van der Waals surface area contributed by atoms with Crippen molar-refractivity contribution in [2.24, 2.45) is 5.73 Å². The quantitative estimate of drug-likeness (QED) is 0.329. The van der Waals surface area contributed by atoms with Crippen LogP contribution in [0.3, 0.4) is 0 Å². The number of unbranched alkanes of at least 4 members (excludes halogenated alkanes) is 1. The molecule has 20 heavy (non-hydrogen) atoms. The van der Waals surface area contributed by atoms with Crippen molar-refractivity contribution in [1.29, 1.82) is 0 Å². The lowest BCUT2D eigenvalue weighted by Gasteiger charge is -2.27. The van der Waals surface area contributed by atoms with E-state index in [9.17, 15) is 0 Å². The molecule has 1 unspecified atom stereocenters. The smallest absolute Gasteiger partial charge is 0.0610 e. The molecule has 0 amide bonds. The summed E-state index contributed by atoms with van der Waals surface area (Å²) >= 11 is 0. The van der Waals surface area contributed by atoms with Crippen LogP contribution in [0.4, 0.5) is 0 Å². The summed E-state index contributed by atoms with van der Waals surface area (Å²) < 4.78 is 0. The van der Waals surface area contributed by atoms with E-state index < -0.39 is 6.04 Å². The van der Waals surface area contributed by atoms with E-state index in [4.69, 9.17) is 26.2 Å². The second-order valence-corrected chi connectivity index (χ2v) is 4.56. The van der Waals surface area contributed by atoms with Crippen molar-refractivity contribution in [3.05, 3.63) is 0 Å². The van der Waals surface area contributed by atoms with E-state index in [0.29, 0.717) is 0 Å². The zero-order valence-corrected chi connectivity index (χ0v) is 13.6. The van der Waals surface area contributed by atoms with Crippen LogP contribution in [-0.2, 0) is 0 Å². The molecule has 0 aliphatic carbocycles. The van der Waals surface area contributed by atoms with Gasteiger partial charge in [-0.05, 0) is 32.7 Å². The van der Waals surface area contributed by atoms with E-state index in [1.54, 1.807) is 0 Å². The van der Waals surface area contributed by atoms with Crippen molar-refractivity contribution in [1.82, 2.24) is 5.32 Å². The highest BCUT2D eigenvalue weighted by molar-refractivity contribution is 4.79. The van der Waals surface area contributed by atoms with Gasteiger partial charge in [-0.15, -0.1) is 0 Å². The minimum Gasteiger partial charge on any atom is -0.396 e. The van der Waals surface area contributed by atoms with Gasteiger partial charge in [0.05, 0.1) is 25.9 Å². The highest BCUT2D eigenvalue weighted by Crippen LogP contribution is 2.07. The molecule has 0 spiro atoms. The largest absolute Gasteiger partial charge is 0.396 e. The van der Waals surface area contributed by atoms with Gasteiger partial charge in [0.25, 0.3) is 0 Å². The first-order valence-corrected chi connectivity index (χ1v) is 7.43. The van der Waals surface area contributed by atoms with Crippen LogP contribution in [0.2, 0.25) is 0 Å². The topological polar surface area (TPSA) is 119 Å². The summed E-state index contributed by atoms with van der Waals surface area (Å²) in [5, 5.41) is 36.9. The lowest BCUT2D eigenvalue weighted by molar-refractivity contribution is 0.169. The molecule has 0 aliphatic heterocycles. The highest BCUT2D eigenvalue weighted by Gasteiger charge is 2.18. The second-order valence-electron chi connectivity index (χ2n) is 4.56. The number of aliphatic hydroxyl groups is 4. The van der Waals surface area contributed by atoms with Crippen LogP contribution in [-0.4, -0.2) is 65.0 Å². The van der Waals surface area contributed by atoms with E-state index in [2.05, 4.69) is 12.2 Å². The Hall–Kier alpha value is -0.240. The fourth-order valence-electron chi connectivity index (χ4n) is 0.977. The number of nitrogens with one attached hydrogen (secondary N) is 1. The molecule has 0 radical (unpaired) electrons. The van der Waals surface area contributed by atoms with Gasteiger partial charge in [-0.2, -0.15) is 0 Å². The molecule has 0 fully saturated rings. The molecule has 0 rings (SSSR count). The Labute approximate surface area is 124 Å². The lowest BCUT2D eigenvalue weighted by atomic mass is 10.0. The summed E-state index contributed by atoms with van der Waals surface area (Å²) in [5.74, 6) is 0. The summed E-state index contributed by atoms with van der Waals surface area (Å²) in [4.78, 5) is 0. The van der Waals surface area contributed by atoms with E-state index in [-0.39, 0.29) is 32.0 Å². The summed E-state index contributed by atoms with van der Waals surface area (Å²) in [5.41, 5.74) is 4.83. The van der Waals surface area contributed by atoms with Gasteiger partial charge in [-0.3, -0.25) is 0 Å². The minimum atomic E-state index is -0.454. The third-order valence-corrected chi connectivity index (χ3v) is 2.73. The van der Waals surface area contributed by atoms with Crippen LogP contribution in [0.25, 0.3) is 0 Å². The zero-order chi connectivity index (χ0) is 16.4.